The van der Waals surface area contributed by atoms with Gasteiger partial charge in [0.05, 0.1) is 6.07 Å². The normalized spacial score (nSPS) is 12.1. The van der Waals surface area contributed by atoms with Gasteiger partial charge in [0.25, 0.3) is 0 Å². The minimum absolute atomic E-state index is 0.265. The van der Waals surface area contributed by atoms with Gasteiger partial charge in [0.15, 0.2) is 0 Å². The number of nitriles is 1. The first-order valence-corrected chi connectivity index (χ1v) is 7.45. The lowest BCUT2D eigenvalue weighted by Crippen LogP contribution is -2.19. The standard InChI is InChI=1S/C19H22N2/c1-15(2)12-16-8-10-18(11-9-16)19(13-20)21-14-17-6-4-3-5-7-17/h3-11,15,19,21H,12,14H2,1-2H3. The molecule has 2 rings (SSSR count). The molecule has 2 heteroatoms. The van der Waals surface area contributed by atoms with E-state index in [-0.39, 0.29) is 6.04 Å². The third kappa shape index (κ3) is 4.73. The van der Waals surface area contributed by atoms with Gasteiger partial charge in [0.2, 0.25) is 0 Å². The molecule has 108 valence electrons. The number of rotatable bonds is 6. The van der Waals surface area contributed by atoms with Gasteiger partial charge in [-0.1, -0.05) is 68.4 Å². The molecular weight excluding hydrogens is 256 g/mol. The summed E-state index contributed by atoms with van der Waals surface area (Å²) in [5.74, 6) is 0.652. The maximum atomic E-state index is 9.36. The number of benzene rings is 2. The van der Waals surface area contributed by atoms with Gasteiger partial charge in [-0.25, -0.2) is 0 Å². The first-order chi connectivity index (χ1) is 10.2. The Kier molecular flexibility index (Phi) is 5.54. The van der Waals surface area contributed by atoms with Gasteiger partial charge in [-0.05, 0) is 29.0 Å². The molecule has 0 spiro atoms. The van der Waals surface area contributed by atoms with E-state index >= 15 is 0 Å². The zero-order valence-corrected chi connectivity index (χ0v) is 12.7. The SMILES string of the molecule is CC(C)Cc1ccc(C(C#N)NCc2ccccc2)cc1. The smallest absolute Gasteiger partial charge is 0.121 e. The molecule has 0 aliphatic rings. The summed E-state index contributed by atoms with van der Waals surface area (Å²) < 4.78 is 0. The van der Waals surface area contributed by atoms with Crippen LogP contribution in [0.5, 0.6) is 0 Å². The second kappa shape index (κ2) is 7.61. The number of hydrogen-bond acceptors (Lipinski definition) is 2. The summed E-state index contributed by atoms with van der Waals surface area (Å²) in [4.78, 5) is 0. The number of hydrogen-bond donors (Lipinski definition) is 1. The van der Waals surface area contributed by atoms with Crippen molar-refractivity contribution in [1.29, 1.82) is 5.26 Å². The summed E-state index contributed by atoms with van der Waals surface area (Å²) in [6.07, 6.45) is 1.08. The summed E-state index contributed by atoms with van der Waals surface area (Å²) >= 11 is 0. The average Bonchev–Trinajstić information content (AvgIpc) is 2.50. The van der Waals surface area contributed by atoms with Gasteiger partial charge in [0, 0.05) is 6.54 Å². The zero-order valence-electron chi connectivity index (χ0n) is 12.7. The van der Waals surface area contributed by atoms with E-state index < -0.39 is 0 Å². The second-order valence-electron chi connectivity index (χ2n) is 5.77. The lowest BCUT2D eigenvalue weighted by Gasteiger charge is -2.13. The Morgan fingerprint density at radius 2 is 1.62 bits per heavy atom. The Labute approximate surface area is 127 Å². The van der Waals surface area contributed by atoms with E-state index in [2.05, 4.69) is 61.6 Å². The fourth-order valence-electron chi connectivity index (χ4n) is 2.37. The van der Waals surface area contributed by atoms with Crippen LogP contribution in [0, 0.1) is 17.2 Å². The van der Waals surface area contributed by atoms with Crippen LogP contribution in [-0.2, 0) is 13.0 Å². The summed E-state index contributed by atoms with van der Waals surface area (Å²) in [5, 5.41) is 12.7. The van der Waals surface area contributed by atoms with E-state index in [9.17, 15) is 5.26 Å². The molecule has 0 aliphatic heterocycles. The van der Waals surface area contributed by atoms with Crippen molar-refractivity contribution in [3.05, 3.63) is 71.3 Å². The van der Waals surface area contributed by atoms with Gasteiger partial charge in [-0.2, -0.15) is 5.26 Å². The fourth-order valence-corrected chi connectivity index (χ4v) is 2.37. The molecule has 1 atom stereocenters. The van der Waals surface area contributed by atoms with Crippen LogP contribution >= 0.6 is 0 Å². The summed E-state index contributed by atoms with van der Waals surface area (Å²) in [5.41, 5.74) is 3.55. The number of nitrogens with zero attached hydrogens (tertiary/aromatic N) is 1. The topological polar surface area (TPSA) is 35.8 Å². The van der Waals surface area contributed by atoms with Crippen LogP contribution in [-0.4, -0.2) is 0 Å². The highest BCUT2D eigenvalue weighted by Gasteiger charge is 2.09. The summed E-state index contributed by atoms with van der Waals surface area (Å²) in [7, 11) is 0. The van der Waals surface area contributed by atoms with Crippen LogP contribution in [0.15, 0.2) is 54.6 Å². The molecule has 0 amide bonds. The van der Waals surface area contributed by atoms with E-state index in [0.29, 0.717) is 12.5 Å². The van der Waals surface area contributed by atoms with E-state index in [1.54, 1.807) is 0 Å². The van der Waals surface area contributed by atoms with Gasteiger partial charge in [-0.3, -0.25) is 5.32 Å². The number of nitrogens with one attached hydrogen (secondary N) is 1. The lowest BCUT2D eigenvalue weighted by atomic mass is 9.99. The van der Waals surface area contributed by atoms with Crippen LogP contribution in [0.4, 0.5) is 0 Å². The maximum Gasteiger partial charge on any atom is 0.121 e. The van der Waals surface area contributed by atoms with Crippen molar-refractivity contribution in [2.24, 2.45) is 5.92 Å². The van der Waals surface area contributed by atoms with Crippen LogP contribution in [0.2, 0.25) is 0 Å². The highest BCUT2D eigenvalue weighted by Crippen LogP contribution is 2.16. The van der Waals surface area contributed by atoms with Crippen molar-refractivity contribution in [3.8, 4) is 6.07 Å². The molecule has 1 unspecified atom stereocenters. The zero-order chi connectivity index (χ0) is 15.1. The van der Waals surface area contributed by atoms with Crippen molar-refractivity contribution in [1.82, 2.24) is 5.32 Å². The van der Waals surface area contributed by atoms with Crippen LogP contribution in [0.3, 0.4) is 0 Å². The molecule has 21 heavy (non-hydrogen) atoms. The molecule has 0 radical (unpaired) electrons. The first kappa shape index (κ1) is 15.3. The second-order valence-corrected chi connectivity index (χ2v) is 5.77. The van der Waals surface area contributed by atoms with Crippen LogP contribution in [0.25, 0.3) is 0 Å². The Balaban J connectivity index is 1.99. The largest absolute Gasteiger partial charge is 0.294 e. The Hall–Kier alpha value is -2.11. The molecule has 0 heterocycles. The molecule has 2 aromatic rings. The van der Waals surface area contributed by atoms with Gasteiger partial charge in [0.1, 0.15) is 6.04 Å². The maximum absolute atomic E-state index is 9.36. The molecule has 0 saturated carbocycles. The van der Waals surface area contributed by atoms with Crippen LogP contribution in [0.1, 0.15) is 36.6 Å². The van der Waals surface area contributed by atoms with Gasteiger partial charge in [-0.15, -0.1) is 0 Å². The predicted octanol–water partition coefficient (Wildman–Crippen LogP) is 4.24. The highest BCUT2D eigenvalue weighted by molar-refractivity contribution is 5.29. The molecule has 0 bridgehead atoms. The van der Waals surface area contributed by atoms with E-state index in [1.807, 2.05) is 18.2 Å². The van der Waals surface area contributed by atoms with Crippen molar-refractivity contribution in [2.45, 2.75) is 32.9 Å². The molecule has 2 nitrogen and oxygen atoms in total. The molecule has 0 aromatic heterocycles. The minimum Gasteiger partial charge on any atom is -0.294 e. The molecule has 0 saturated heterocycles. The summed E-state index contributed by atoms with van der Waals surface area (Å²) in [6, 6.07) is 20.6. The monoisotopic (exact) mass is 278 g/mol. The Bertz CT molecular complexity index is 579. The van der Waals surface area contributed by atoms with E-state index in [0.717, 1.165) is 12.0 Å². The van der Waals surface area contributed by atoms with Gasteiger partial charge >= 0.3 is 0 Å². The fraction of sp³-hybridized carbons (Fsp3) is 0.316. The third-order valence-electron chi connectivity index (χ3n) is 3.44. The molecule has 1 N–H and O–H groups in total. The Morgan fingerprint density at radius 3 is 2.19 bits per heavy atom. The molecular formula is C19H22N2. The third-order valence-corrected chi connectivity index (χ3v) is 3.44. The summed E-state index contributed by atoms with van der Waals surface area (Å²) in [6.45, 7) is 5.13. The molecule has 0 fully saturated rings. The molecule has 0 aliphatic carbocycles. The average molecular weight is 278 g/mol. The molecule has 2 aromatic carbocycles. The van der Waals surface area contributed by atoms with Crippen molar-refractivity contribution in [3.63, 3.8) is 0 Å². The highest BCUT2D eigenvalue weighted by atomic mass is 14.9. The van der Waals surface area contributed by atoms with E-state index in [4.69, 9.17) is 0 Å². The van der Waals surface area contributed by atoms with Gasteiger partial charge < -0.3 is 0 Å². The van der Waals surface area contributed by atoms with Crippen molar-refractivity contribution < 1.29 is 0 Å². The minimum atomic E-state index is -0.265. The predicted molar refractivity (Wildman–Crippen MR) is 86.6 cm³/mol. The van der Waals surface area contributed by atoms with Crippen molar-refractivity contribution in [2.75, 3.05) is 0 Å². The van der Waals surface area contributed by atoms with Crippen LogP contribution < -0.4 is 5.32 Å². The Morgan fingerprint density at radius 1 is 0.952 bits per heavy atom. The lowest BCUT2D eigenvalue weighted by molar-refractivity contribution is 0.627. The van der Waals surface area contributed by atoms with E-state index in [1.165, 1.54) is 11.1 Å². The first-order valence-electron chi connectivity index (χ1n) is 7.45. The quantitative estimate of drug-likeness (QED) is 0.858. The van der Waals surface area contributed by atoms with Crippen molar-refractivity contribution >= 4 is 0 Å².